The van der Waals surface area contributed by atoms with E-state index >= 15 is 0 Å². The Bertz CT molecular complexity index is 1020. The zero-order chi connectivity index (χ0) is 18.7. The zero-order valence-electron chi connectivity index (χ0n) is 14.3. The minimum absolute atomic E-state index is 0.157. The number of benzene rings is 2. The predicted molar refractivity (Wildman–Crippen MR) is 95.9 cm³/mol. The van der Waals surface area contributed by atoms with E-state index in [0.29, 0.717) is 5.56 Å². The summed E-state index contributed by atoms with van der Waals surface area (Å²) in [7, 11) is -2.12. The van der Waals surface area contributed by atoms with Crippen molar-refractivity contribution in [3.05, 3.63) is 72.3 Å². The van der Waals surface area contributed by atoms with Gasteiger partial charge in [-0.05, 0) is 48.9 Å². The summed E-state index contributed by atoms with van der Waals surface area (Å²) in [5.74, 6) is 0. The molecule has 2 aromatic carbocycles. The molecule has 0 aliphatic rings. The van der Waals surface area contributed by atoms with E-state index in [2.05, 4.69) is 10.1 Å². The van der Waals surface area contributed by atoms with Gasteiger partial charge in [-0.3, -0.25) is 0 Å². The smallest absolute Gasteiger partial charge is 0.223 e. The molecule has 0 radical (unpaired) electrons. The van der Waals surface area contributed by atoms with Crippen LogP contribution in [0.3, 0.4) is 0 Å². The molecule has 1 atom stereocenters. The fourth-order valence-corrected chi connectivity index (χ4v) is 3.88. The van der Waals surface area contributed by atoms with Crippen molar-refractivity contribution in [3.63, 3.8) is 0 Å². The van der Waals surface area contributed by atoms with Crippen LogP contribution in [-0.4, -0.2) is 34.5 Å². The molecular weight excluding hydrogens is 350 g/mol. The van der Waals surface area contributed by atoms with Crippen LogP contribution >= 0.6 is 0 Å². The third kappa shape index (κ3) is 3.35. The van der Waals surface area contributed by atoms with Gasteiger partial charge in [-0.15, -0.1) is 0 Å². The van der Waals surface area contributed by atoms with Gasteiger partial charge in [0, 0.05) is 13.1 Å². The summed E-state index contributed by atoms with van der Waals surface area (Å²) < 4.78 is 28.6. The second-order valence-corrected chi connectivity index (χ2v) is 7.76. The number of nitrogens with zero attached hydrogens (tertiary/aromatic N) is 5. The van der Waals surface area contributed by atoms with Crippen LogP contribution in [0.4, 0.5) is 0 Å². The van der Waals surface area contributed by atoms with E-state index in [1.807, 2.05) is 37.3 Å². The summed E-state index contributed by atoms with van der Waals surface area (Å²) in [6.45, 7) is 1.83. The van der Waals surface area contributed by atoms with E-state index in [1.54, 1.807) is 18.1 Å². The highest BCUT2D eigenvalue weighted by atomic mass is 32.2. The molecule has 0 saturated heterocycles. The van der Waals surface area contributed by atoms with Gasteiger partial charge in [0.25, 0.3) is 0 Å². The van der Waals surface area contributed by atoms with Gasteiger partial charge < -0.3 is 0 Å². The highest BCUT2D eigenvalue weighted by Gasteiger charge is 2.26. The summed E-state index contributed by atoms with van der Waals surface area (Å²) in [5, 5.41) is 12.9. The summed E-state index contributed by atoms with van der Waals surface area (Å²) in [4.78, 5) is 4.06. The first-order chi connectivity index (χ1) is 12.4. The normalized spacial score (nSPS) is 12.7. The van der Waals surface area contributed by atoms with Crippen LogP contribution in [0.5, 0.6) is 0 Å². The molecule has 0 aliphatic heterocycles. The maximum atomic E-state index is 12.8. The Morgan fingerprint density at radius 2 is 1.77 bits per heavy atom. The third-order valence-electron chi connectivity index (χ3n) is 4.26. The molecule has 0 unspecified atom stereocenters. The molecular formula is C18H17N5O2S. The monoisotopic (exact) mass is 367 g/mol. The molecule has 0 fully saturated rings. The van der Waals surface area contributed by atoms with Gasteiger partial charge >= 0.3 is 0 Å². The van der Waals surface area contributed by atoms with Crippen molar-refractivity contribution >= 4 is 10.0 Å². The molecule has 3 aromatic rings. The van der Waals surface area contributed by atoms with Crippen LogP contribution in [-0.2, 0) is 10.0 Å². The van der Waals surface area contributed by atoms with Gasteiger partial charge in [0.15, 0.2) is 0 Å². The molecule has 7 nitrogen and oxygen atoms in total. The molecule has 0 saturated carbocycles. The van der Waals surface area contributed by atoms with Gasteiger partial charge in [-0.2, -0.15) is 14.7 Å². The second-order valence-electron chi connectivity index (χ2n) is 5.76. The molecule has 0 N–H and O–H groups in total. The van der Waals surface area contributed by atoms with E-state index in [0.717, 1.165) is 11.3 Å². The van der Waals surface area contributed by atoms with Gasteiger partial charge in [-0.25, -0.2) is 18.1 Å². The molecule has 1 aromatic heterocycles. The summed E-state index contributed by atoms with van der Waals surface area (Å²) in [6, 6.07) is 15.0. The molecule has 0 amide bonds. The van der Waals surface area contributed by atoms with E-state index in [1.165, 1.54) is 34.9 Å². The van der Waals surface area contributed by atoms with Crippen molar-refractivity contribution in [2.45, 2.75) is 17.9 Å². The van der Waals surface area contributed by atoms with Crippen molar-refractivity contribution in [2.24, 2.45) is 0 Å². The molecule has 3 rings (SSSR count). The number of hydrogen-bond acceptors (Lipinski definition) is 5. The Labute approximate surface area is 152 Å². The second kappa shape index (κ2) is 7.07. The van der Waals surface area contributed by atoms with Gasteiger partial charge in [0.2, 0.25) is 10.0 Å². The first-order valence-corrected chi connectivity index (χ1v) is 9.30. The Kier molecular flexibility index (Phi) is 4.84. The van der Waals surface area contributed by atoms with Crippen LogP contribution in [0.15, 0.2) is 66.1 Å². The number of nitriles is 1. The number of aromatic nitrogens is 3. The molecule has 26 heavy (non-hydrogen) atoms. The van der Waals surface area contributed by atoms with E-state index in [9.17, 15) is 8.42 Å². The van der Waals surface area contributed by atoms with Crippen LogP contribution in [0.2, 0.25) is 0 Å². The van der Waals surface area contributed by atoms with Crippen molar-refractivity contribution in [1.82, 2.24) is 19.1 Å². The lowest BCUT2D eigenvalue weighted by Gasteiger charge is -2.25. The Balaban J connectivity index is 1.84. The fourth-order valence-electron chi connectivity index (χ4n) is 2.53. The average molecular weight is 367 g/mol. The van der Waals surface area contributed by atoms with E-state index in [4.69, 9.17) is 5.26 Å². The van der Waals surface area contributed by atoms with Gasteiger partial charge in [0.05, 0.1) is 22.2 Å². The fraction of sp³-hybridized carbons (Fsp3) is 0.167. The standard InChI is InChI=1S/C18H17N5O2S/c1-14(16-5-7-17(8-6-16)23-13-20-12-21-23)22(2)26(24,25)18-9-3-15(11-19)4-10-18/h3-10,12-14H,1-2H3/t14-/m1/s1. The number of sulfonamides is 1. The SMILES string of the molecule is C[C@H](c1ccc(-n2cncn2)cc1)N(C)S(=O)(=O)c1ccc(C#N)cc1. The molecule has 0 aliphatic carbocycles. The summed E-state index contributed by atoms with van der Waals surface area (Å²) in [5.41, 5.74) is 2.12. The van der Waals surface area contributed by atoms with Gasteiger partial charge in [-0.1, -0.05) is 12.1 Å². The minimum atomic E-state index is -3.67. The molecule has 8 heteroatoms. The van der Waals surface area contributed by atoms with E-state index in [-0.39, 0.29) is 10.9 Å². The largest absolute Gasteiger partial charge is 0.243 e. The summed E-state index contributed by atoms with van der Waals surface area (Å²) >= 11 is 0. The quantitative estimate of drug-likeness (QED) is 0.691. The van der Waals surface area contributed by atoms with Gasteiger partial charge in [0.1, 0.15) is 12.7 Å². The van der Waals surface area contributed by atoms with E-state index < -0.39 is 10.0 Å². The molecule has 0 bridgehead atoms. The lowest BCUT2D eigenvalue weighted by atomic mass is 10.1. The van der Waals surface area contributed by atoms with Crippen molar-refractivity contribution in [3.8, 4) is 11.8 Å². The Morgan fingerprint density at radius 3 is 2.31 bits per heavy atom. The van der Waals surface area contributed by atoms with Crippen molar-refractivity contribution in [1.29, 1.82) is 5.26 Å². The highest BCUT2D eigenvalue weighted by Crippen LogP contribution is 2.26. The topological polar surface area (TPSA) is 91.9 Å². The Morgan fingerprint density at radius 1 is 1.12 bits per heavy atom. The molecule has 132 valence electrons. The van der Waals surface area contributed by atoms with Crippen LogP contribution in [0.1, 0.15) is 24.1 Å². The predicted octanol–water partition coefficient (Wildman–Crippen LogP) is 2.52. The average Bonchev–Trinajstić information content (AvgIpc) is 3.21. The van der Waals surface area contributed by atoms with Crippen LogP contribution < -0.4 is 0 Å². The lowest BCUT2D eigenvalue weighted by Crippen LogP contribution is -2.29. The van der Waals surface area contributed by atoms with Crippen molar-refractivity contribution in [2.75, 3.05) is 7.05 Å². The Hall–Kier alpha value is -3.02. The molecule has 0 spiro atoms. The zero-order valence-corrected chi connectivity index (χ0v) is 15.1. The molecule has 1 heterocycles. The van der Waals surface area contributed by atoms with Crippen molar-refractivity contribution < 1.29 is 8.42 Å². The third-order valence-corrected chi connectivity index (χ3v) is 6.21. The lowest BCUT2D eigenvalue weighted by molar-refractivity contribution is 0.398. The summed E-state index contributed by atoms with van der Waals surface area (Å²) in [6.07, 6.45) is 3.05. The maximum Gasteiger partial charge on any atom is 0.243 e. The highest BCUT2D eigenvalue weighted by molar-refractivity contribution is 7.89. The first kappa shape index (κ1) is 17.8. The number of hydrogen-bond donors (Lipinski definition) is 0. The first-order valence-electron chi connectivity index (χ1n) is 7.86. The minimum Gasteiger partial charge on any atom is -0.223 e. The maximum absolute atomic E-state index is 12.8. The number of rotatable bonds is 5. The van der Waals surface area contributed by atoms with Crippen LogP contribution in [0.25, 0.3) is 5.69 Å². The van der Waals surface area contributed by atoms with Crippen LogP contribution in [0, 0.1) is 11.3 Å².